The van der Waals surface area contributed by atoms with Gasteiger partial charge in [-0.3, -0.25) is 9.59 Å². The molecule has 0 fully saturated rings. The molecule has 0 aliphatic rings. The second kappa shape index (κ2) is 11.2. The van der Waals surface area contributed by atoms with Gasteiger partial charge in [0.25, 0.3) is 5.91 Å². The van der Waals surface area contributed by atoms with Gasteiger partial charge in [0, 0.05) is 24.5 Å². The lowest BCUT2D eigenvalue weighted by atomic mass is 10.1. The molecule has 2 N–H and O–H groups in total. The summed E-state index contributed by atoms with van der Waals surface area (Å²) in [5, 5.41) is 6.21. The number of halogens is 1. The number of para-hydroxylation sites is 1. The maximum atomic E-state index is 11.8. The van der Waals surface area contributed by atoms with Crippen molar-refractivity contribution >= 4 is 23.4 Å². The minimum atomic E-state index is -0.212. The number of aryl methyl sites for hydroxylation is 2. The minimum Gasteiger partial charge on any atom is -0.483 e. The second-order valence-electron chi connectivity index (χ2n) is 6.08. The van der Waals surface area contributed by atoms with Crippen molar-refractivity contribution in [3.8, 4) is 5.75 Å². The van der Waals surface area contributed by atoms with Gasteiger partial charge in [0.2, 0.25) is 5.91 Å². The Labute approximate surface area is 165 Å². The summed E-state index contributed by atoms with van der Waals surface area (Å²) in [6.45, 7) is 2.75. The lowest BCUT2D eigenvalue weighted by Crippen LogP contribution is -2.36. The molecule has 27 heavy (non-hydrogen) atoms. The number of nitrogens with one attached hydrogen (secondary N) is 2. The van der Waals surface area contributed by atoms with Crippen molar-refractivity contribution in [2.75, 3.05) is 19.7 Å². The third-order valence-electron chi connectivity index (χ3n) is 4.04. The largest absolute Gasteiger partial charge is 0.483 e. The van der Waals surface area contributed by atoms with Crippen molar-refractivity contribution in [2.45, 2.75) is 26.2 Å². The first-order valence-electron chi connectivity index (χ1n) is 9.07. The van der Waals surface area contributed by atoms with Crippen LogP contribution in [0, 0.1) is 0 Å². The standard InChI is InChI=1S/C21H25ClN2O3/c1-2-17-5-3-4-6-19(17)27-15-21(26)24-14-13-23-20(25)12-9-16-7-10-18(22)11-8-16/h3-8,10-11H,2,9,12-15H2,1H3,(H,23,25)(H,24,26). The van der Waals surface area contributed by atoms with Crippen LogP contribution in [-0.2, 0) is 22.4 Å². The van der Waals surface area contributed by atoms with Gasteiger partial charge in [-0.2, -0.15) is 0 Å². The molecule has 0 heterocycles. The van der Waals surface area contributed by atoms with Gasteiger partial charge in [0.05, 0.1) is 0 Å². The first kappa shape index (κ1) is 20.8. The van der Waals surface area contributed by atoms with Crippen LogP contribution in [0.15, 0.2) is 48.5 Å². The van der Waals surface area contributed by atoms with Crippen LogP contribution >= 0.6 is 11.6 Å². The van der Waals surface area contributed by atoms with Gasteiger partial charge in [0.1, 0.15) is 5.75 Å². The second-order valence-corrected chi connectivity index (χ2v) is 6.51. The lowest BCUT2D eigenvalue weighted by molar-refractivity contribution is -0.124. The predicted molar refractivity (Wildman–Crippen MR) is 107 cm³/mol. The molecule has 0 radical (unpaired) electrons. The van der Waals surface area contributed by atoms with Gasteiger partial charge in [-0.15, -0.1) is 0 Å². The molecular formula is C21H25ClN2O3. The smallest absolute Gasteiger partial charge is 0.258 e. The molecule has 2 aromatic carbocycles. The lowest BCUT2D eigenvalue weighted by Gasteiger charge is -2.11. The Kier molecular flexibility index (Phi) is 8.65. The summed E-state index contributed by atoms with van der Waals surface area (Å²) in [5.74, 6) is 0.467. The number of carbonyl (C=O) groups is 2. The van der Waals surface area contributed by atoms with Crippen LogP contribution in [0.3, 0.4) is 0 Å². The van der Waals surface area contributed by atoms with Gasteiger partial charge in [-0.1, -0.05) is 48.9 Å². The van der Waals surface area contributed by atoms with E-state index in [1.807, 2.05) is 55.5 Å². The van der Waals surface area contributed by atoms with E-state index in [1.165, 1.54) is 0 Å². The number of carbonyl (C=O) groups excluding carboxylic acids is 2. The Balaban J connectivity index is 1.58. The van der Waals surface area contributed by atoms with Crippen LogP contribution in [0.1, 0.15) is 24.5 Å². The SMILES string of the molecule is CCc1ccccc1OCC(=O)NCCNC(=O)CCc1ccc(Cl)cc1. The molecule has 2 rings (SSSR count). The maximum Gasteiger partial charge on any atom is 0.258 e. The number of hydrogen-bond acceptors (Lipinski definition) is 3. The highest BCUT2D eigenvalue weighted by molar-refractivity contribution is 6.30. The molecule has 5 nitrogen and oxygen atoms in total. The summed E-state index contributed by atoms with van der Waals surface area (Å²) in [6, 6.07) is 15.1. The summed E-state index contributed by atoms with van der Waals surface area (Å²) in [5.41, 5.74) is 2.13. The number of rotatable bonds is 10. The zero-order valence-corrected chi connectivity index (χ0v) is 16.2. The molecule has 0 aliphatic heterocycles. The third-order valence-corrected chi connectivity index (χ3v) is 4.29. The molecule has 0 spiro atoms. The summed E-state index contributed by atoms with van der Waals surface area (Å²) in [7, 11) is 0. The summed E-state index contributed by atoms with van der Waals surface area (Å²) in [6.07, 6.45) is 1.90. The van der Waals surface area contributed by atoms with Crippen LogP contribution in [0.4, 0.5) is 0 Å². The van der Waals surface area contributed by atoms with Gasteiger partial charge in [0.15, 0.2) is 6.61 Å². The average Bonchev–Trinajstić information content (AvgIpc) is 2.69. The van der Waals surface area contributed by atoms with Crippen LogP contribution in [-0.4, -0.2) is 31.5 Å². The molecule has 2 aromatic rings. The van der Waals surface area contributed by atoms with Crippen molar-refractivity contribution in [3.05, 3.63) is 64.7 Å². The van der Waals surface area contributed by atoms with Gasteiger partial charge in [-0.05, 0) is 42.2 Å². The molecular weight excluding hydrogens is 364 g/mol. The van der Waals surface area contributed by atoms with E-state index in [1.54, 1.807) is 0 Å². The first-order chi connectivity index (χ1) is 13.1. The highest BCUT2D eigenvalue weighted by atomic mass is 35.5. The monoisotopic (exact) mass is 388 g/mol. The van der Waals surface area contributed by atoms with Crippen molar-refractivity contribution in [1.82, 2.24) is 10.6 Å². The molecule has 0 saturated heterocycles. The highest BCUT2D eigenvalue weighted by Gasteiger charge is 2.06. The van der Waals surface area contributed by atoms with E-state index in [9.17, 15) is 9.59 Å². The van der Waals surface area contributed by atoms with Gasteiger partial charge < -0.3 is 15.4 Å². The summed E-state index contributed by atoms with van der Waals surface area (Å²) < 4.78 is 5.56. The Hall–Kier alpha value is -2.53. The Bertz CT molecular complexity index is 747. The Morgan fingerprint density at radius 1 is 0.963 bits per heavy atom. The fourth-order valence-electron chi connectivity index (χ4n) is 2.53. The first-order valence-corrected chi connectivity index (χ1v) is 9.45. The van der Waals surface area contributed by atoms with E-state index < -0.39 is 0 Å². The van der Waals surface area contributed by atoms with Crippen LogP contribution in [0.5, 0.6) is 5.75 Å². The predicted octanol–water partition coefficient (Wildman–Crippen LogP) is 3.15. The van der Waals surface area contributed by atoms with E-state index in [4.69, 9.17) is 16.3 Å². The molecule has 0 aliphatic carbocycles. The van der Waals surface area contributed by atoms with Crippen LogP contribution in [0.2, 0.25) is 5.02 Å². The van der Waals surface area contributed by atoms with E-state index in [0.717, 1.165) is 23.3 Å². The number of hydrogen-bond donors (Lipinski definition) is 2. The molecule has 0 saturated carbocycles. The molecule has 0 unspecified atom stereocenters. The van der Waals surface area contributed by atoms with Crippen LogP contribution in [0.25, 0.3) is 0 Å². The fraction of sp³-hybridized carbons (Fsp3) is 0.333. The average molecular weight is 389 g/mol. The maximum absolute atomic E-state index is 11.8. The van der Waals surface area contributed by atoms with Crippen LogP contribution < -0.4 is 15.4 Å². The Morgan fingerprint density at radius 2 is 1.63 bits per heavy atom. The van der Waals surface area contributed by atoms with Gasteiger partial charge >= 0.3 is 0 Å². The van der Waals surface area contributed by atoms with E-state index in [2.05, 4.69) is 10.6 Å². The number of benzene rings is 2. The summed E-state index contributed by atoms with van der Waals surface area (Å²) in [4.78, 5) is 23.7. The zero-order valence-electron chi connectivity index (χ0n) is 15.5. The minimum absolute atomic E-state index is 0.0402. The molecule has 0 aromatic heterocycles. The van der Waals surface area contributed by atoms with Crippen molar-refractivity contribution < 1.29 is 14.3 Å². The Morgan fingerprint density at radius 3 is 2.33 bits per heavy atom. The number of ether oxygens (including phenoxy) is 1. The molecule has 0 bridgehead atoms. The third kappa shape index (κ3) is 7.71. The quantitative estimate of drug-likeness (QED) is 0.614. The van der Waals surface area contributed by atoms with Crippen molar-refractivity contribution in [2.24, 2.45) is 0 Å². The topological polar surface area (TPSA) is 67.4 Å². The fourth-order valence-corrected chi connectivity index (χ4v) is 2.66. The molecule has 6 heteroatoms. The van der Waals surface area contributed by atoms with E-state index in [0.29, 0.717) is 31.0 Å². The van der Waals surface area contributed by atoms with E-state index >= 15 is 0 Å². The highest BCUT2D eigenvalue weighted by Crippen LogP contribution is 2.17. The van der Waals surface area contributed by atoms with E-state index in [-0.39, 0.29) is 18.4 Å². The molecule has 2 amide bonds. The van der Waals surface area contributed by atoms with Crippen molar-refractivity contribution in [1.29, 1.82) is 0 Å². The normalized spacial score (nSPS) is 10.3. The molecule has 144 valence electrons. The zero-order chi connectivity index (χ0) is 19.5. The molecule has 0 atom stereocenters. The summed E-state index contributed by atoms with van der Waals surface area (Å²) >= 11 is 5.83. The number of amides is 2. The van der Waals surface area contributed by atoms with Crippen molar-refractivity contribution in [3.63, 3.8) is 0 Å². The van der Waals surface area contributed by atoms with Gasteiger partial charge in [-0.25, -0.2) is 0 Å².